The summed E-state index contributed by atoms with van der Waals surface area (Å²) >= 11 is 0. The second-order valence-corrected chi connectivity index (χ2v) is 5.87. The van der Waals surface area contributed by atoms with Crippen molar-refractivity contribution in [2.24, 2.45) is 4.99 Å². The molecule has 128 valence electrons. The van der Waals surface area contributed by atoms with E-state index in [0.29, 0.717) is 18.4 Å². The average molecular weight is 321 g/mol. The summed E-state index contributed by atoms with van der Waals surface area (Å²) in [7, 11) is 0. The number of hydrogen-bond acceptors (Lipinski definition) is 5. The number of aliphatic imine (C=N–C) groups is 1. The van der Waals surface area contributed by atoms with E-state index in [1.807, 2.05) is 24.3 Å². The number of aliphatic hydroxyl groups excluding tert-OH is 2. The molecule has 0 saturated carbocycles. The van der Waals surface area contributed by atoms with Gasteiger partial charge < -0.3 is 19.7 Å². The first-order valence-corrected chi connectivity index (χ1v) is 8.47. The van der Waals surface area contributed by atoms with E-state index in [-0.39, 0.29) is 0 Å². The van der Waals surface area contributed by atoms with Gasteiger partial charge in [0.15, 0.2) is 12.6 Å². The smallest absolute Gasteiger partial charge is 0.239 e. The molecule has 2 N–H and O–H groups in total. The Kier molecular flexibility index (Phi) is 6.72. The Morgan fingerprint density at radius 2 is 1.57 bits per heavy atom. The fourth-order valence-electron chi connectivity index (χ4n) is 2.60. The summed E-state index contributed by atoms with van der Waals surface area (Å²) in [5.74, 6) is -1.32. The summed E-state index contributed by atoms with van der Waals surface area (Å²) in [5, 5.41) is 20.3. The normalized spacial score (nSPS) is 22.1. The average Bonchev–Trinajstić information content (AvgIpc) is 2.90. The van der Waals surface area contributed by atoms with Gasteiger partial charge in [-0.25, -0.2) is 0 Å². The van der Waals surface area contributed by atoms with E-state index < -0.39 is 18.4 Å². The molecule has 23 heavy (non-hydrogen) atoms. The van der Waals surface area contributed by atoms with Crippen LogP contribution in [0.5, 0.6) is 0 Å². The Morgan fingerprint density at radius 3 is 2.13 bits per heavy atom. The lowest BCUT2D eigenvalue weighted by molar-refractivity contribution is -0.313. The minimum Gasteiger partial charge on any atom is -0.368 e. The van der Waals surface area contributed by atoms with E-state index >= 15 is 0 Å². The second kappa shape index (κ2) is 8.55. The fraction of sp³-hybridized carbons (Fsp3) is 0.611. The first-order chi connectivity index (χ1) is 11.1. The second-order valence-electron chi connectivity index (χ2n) is 5.87. The molecule has 1 aromatic carbocycles. The molecule has 5 nitrogen and oxygen atoms in total. The van der Waals surface area contributed by atoms with Crippen LogP contribution in [-0.4, -0.2) is 29.0 Å². The molecule has 0 radical (unpaired) electrons. The van der Waals surface area contributed by atoms with Crippen LogP contribution in [0.15, 0.2) is 29.3 Å². The van der Waals surface area contributed by atoms with Crippen LogP contribution in [0.25, 0.3) is 0 Å². The van der Waals surface area contributed by atoms with Crippen molar-refractivity contribution in [3.05, 3.63) is 29.8 Å². The van der Waals surface area contributed by atoms with Crippen LogP contribution in [0.2, 0.25) is 0 Å². The summed E-state index contributed by atoms with van der Waals surface area (Å²) in [6, 6.07) is 7.46. The van der Waals surface area contributed by atoms with E-state index in [1.54, 1.807) is 0 Å². The molecule has 1 heterocycles. The molecular weight excluding hydrogens is 294 g/mol. The Bertz CT molecular complexity index is 501. The van der Waals surface area contributed by atoms with Crippen molar-refractivity contribution >= 4 is 11.9 Å². The molecule has 0 spiro atoms. The number of hydrogen-bond donors (Lipinski definition) is 2. The van der Waals surface area contributed by atoms with Gasteiger partial charge in [0.05, 0.1) is 11.9 Å². The highest BCUT2D eigenvalue weighted by atomic mass is 16.8. The summed E-state index contributed by atoms with van der Waals surface area (Å²) < 4.78 is 11.6. The van der Waals surface area contributed by atoms with Gasteiger partial charge in [0.25, 0.3) is 0 Å². The highest BCUT2D eigenvalue weighted by Crippen LogP contribution is 2.40. The highest BCUT2D eigenvalue weighted by molar-refractivity contribution is 5.82. The Morgan fingerprint density at radius 1 is 1.00 bits per heavy atom. The number of unbranched alkanes of at least 4 members (excludes halogenated alkanes) is 2. The van der Waals surface area contributed by atoms with Crippen LogP contribution in [0, 0.1) is 0 Å². The van der Waals surface area contributed by atoms with E-state index in [2.05, 4.69) is 18.8 Å². The van der Waals surface area contributed by atoms with E-state index in [4.69, 9.17) is 9.47 Å². The summed E-state index contributed by atoms with van der Waals surface area (Å²) in [4.78, 5) is 4.32. The topological polar surface area (TPSA) is 71.3 Å². The Labute approximate surface area is 138 Å². The molecule has 1 aromatic rings. The summed E-state index contributed by atoms with van der Waals surface area (Å²) in [5.41, 5.74) is 1.45. The van der Waals surface area contributed by atoms with Gasteiger partial charge in [0.1, 0.15) is 0 Å². The molecule has 0 aromatic heterocycles. The standard InChI is InChI=1S/C18H27NO4/c1-3-5-11-16(20)22-18(23-17(21)12-6-4-2)13-19-15-10-8-7-9-14(15)18/h7-10,13,16-17,20-21H,3-6,11-12H2,1-2H3. The molecule has 2 rings (SSSR count). The largest absolute Gasteiger partial charge is 0.368 e. The highest BCUT2D eigenvalue weighted by Gasteiger charge is 2.42. The van der Waals surface area contributed by atoms with Gasteiger partial charge in [-0.15, -0.1) is 0 Å². The first kappa shape index (κ1) is 18.1. The van der Waals surface area contributed by atoms with Crippen LogP contribution in [0.4, 0.5) is 5.69 Å². The summed E-state index contributed by atoms with van der Waals surface area (Å²) in [6.07, 6.45) is 4.28. The number of benzene rings is 1. The fourth-order valence-corrected chi connectivity index (χ4v) is 2.60. The zero-order valence-electron chi connectivity index (χ0n) is 13.9. The third-order valence-electron chi connectivity index (χ3n) is 3.88. The van der Waals surface area contributed by atoms with Gasteiger partial charge in [0, 0.05) is 5.56 Å². The van der Waals surface area contributed by atoms with Crippen LogP contribution >= 0.6 is 0 Å². The monoisotopic (exact) mass is 321 g/mol. The van der Waals surface area contributed by atoms with E-state index in [1.165, 1.54) is 6.21 Å². The molecular formula is C18H27NO4. The third-order valence-corrected chi connectivity index (χ3v) is 3.88. The Hall–Kier alpha value is -1.27. The quantitative estimate of drug-likeness (QED) is 0.646. The molecule has 2 atom stereocenters. The van der Waals surface area contributed by atoms with Crippen molar-refractivity contribution in [1.29, 1.82) is 0 Å². The third kappa shape index (κ3) is 4.61. The minimum absolute atomic E-state index is 0.517. The maximum absolute atomic E-state index is 10.2. The van der Waals surface area contributed by atoms with Crippen LogP contribution < -0.4 is 0 Å². The minimum atomic E-state index is -1.32. The molecule has 0 fully saturated rings. The number of nitrogens with zero attached hydrogens (tertiary/aromatic N) is 1. The van der Waals surface area contributed by atoms with Crippen LogP contribution in [0.1, 0.15) is 57.9 Å². The van der Waals surface area contributed by atoms with Crippen molar-refractivity contribution in [2.45, 2.75) is 70.7 Å². The molecule has 0 aliphatic carbocycles. The molecule has 5 heteroatoms. The van der Waals surface area contributed by atoms with Crippen molar-refractivity contribution in [1.82, 2.24) is 0 Å². The molecule has 1 aliphatic heterocycles. The zero-order chi connectivity index (χ0) is 16.7. The van der Waals surface area contributed by atoms with Gasteiger partial charge in [-0.2, -0.15) is 0 Å². The predicted molar refractivity (Wildman–Crippen MR) is 89.5 cm³/mol. The lowest BCUT2D eigenvalue weighted by Crippen LogP contribution is -2.40. The number of aliphatic hydroxyl groups is 2. The van der Waals surface area contributed by atoms with Gasteiger partial charge >= 0.3 is 0 Å². The van der Waals surface area contributed by atoms with Gasteiger partial charge in [-0.05, 0) is 31.7 Å². The summed E-state index contributed by atoms with van der Waals surface area (Å²) in [6.45, 7) is 4.11. The van der Waals surface area contributed by atoms with Gasteiger partial charge in [0.2, 0.25) is 5.79 Å². The SMILES string of the molecule is CCCCC(O)OC1(OC(O)CCCC)C=Nc2ccccc21. The molecule has 0 saturated heterocycles. The zero-order valence-corrected chi connectivity index (χ0v) is 13.9. The number of fused-ring (bicyclic) bond motifs is 1. The molecule has 2 unspecified atom stereocenters. The maximum Gasteiger partial charge on any atom is 0.239 e. The van der Waals surface area contributed by atoms with E-state index in [0.717, 1.165) is 31.4 Å². The van der Waals surface area contributed by atoms with Crippen LogP contribution in [0.3, 0.4) is 0 Å². The first-order valence-electron chi connectivity index (χ1n) is 8.47. The lowest BCUT2D eigenvalue weighted by atomic mass is 10.1. The molecule has 1 aliphatic rings. The Balaban J connectivity index is 2.17. The van der Waals surface area contributed by atoms with Crippen LogP contribution in [-0.2, 0) is 15.3 Å². The van der Waals surface area contributed by atoms with Crippen molar-refractivity contribution in [3.8, 4) is 0 Å². The van der Waals surface area contributed by atoms with Gasteiger partial charge in [-0.1, -0.05) is 44.9 Å². The van der Waals surface area contributed by atoms with Gasteiger partial charge in [-0.3, -0.25) is 4.99 Å². The maximum atomic E-state index is 10.2. The van der Waals surface area contributed by atoms with Crippen molar-refractivity contribution in [2.75, 3.05) is 0 Å². The van der Waals surface area contributed by atoms with Crippen molar-refractivity contribution < 1.29 is 19.7 Å². The number of para-hydroxylation sites is 1. The van der Waals surface area contributed by atoms with Crippen molar-refractivity contribution in [3.63, 3.8) is 0 Å². The van der Waals surface area contributed by atoms with E-state index in [9.17, 15) is 10.2 Å². The molecule has 0 bridgehead atoms. The number of rotatable bonds is 10. The predicted octanol–water partition coefficient (Wildman–Crippen LogP) is 3.61. The lowest BCUT2D eigenvalue weighted by Gasteiger charge is -2.32. The number of ether oxygens (including phenoxy) is 2. The molecule has 0 amide bonds.